The topological polar surface area (TPSA) is 12.5 Å². The van der Waals surface area contributed by atoms with Crippen molar-refractivity contribution >= 4 is 6.98 Å². The summed E-state index contributed by atoms with van der Waals surface area (Å²) in [6.45, 7) is 1.33. The van der Waals surface area contributed by atoms with Gasteiger partial charge in [0.25, 0.3) is 0 Å². The summed E-state index contributed by atoms with van der Waals surface area (Å²) in [6.07, 6.45) is 0. The van der Waals surface area contributed by atoms with E-state index in [1.807, 2.05) is 6.92 Å². The molecule has 0 heterocycles. The third kappa shape index (κ3) is 5.29. The van der Waals surface area contributed by atoms with Gasteiger partial charge in [-0.15, -0.1) is 12.1 Å². The van der Waals surface area contributed by atoms with Crippen LogP contribution in [0, 0.1) is 0 Å². The van der Waals surface area contributed by atoms with Gasteiger partial charge in [-0.1, -0.05) is 6.92 Å². The molecule has 2 nitrogen and oxygen atoms in total. The Hall–Kier alpha value is -0.485. The number of nitrogens with zero attached hydrogens (tertiary/aromatic N) is 1. The summed E-state index contributed by atoms with van der Waals surface area (Å²) in [6, 6.07) is 0. The van der Waals surface area contributed by atoms with Crippen LogP contribution < -0.4 is 0 Å². The molecule has 84 valence electrons. The Morgan fingerprint density at radius 1 is 1.43 bits per heavy atom. The summed E-state index contributed by atoms with van der Waals surface area (Å²) in [5.74, 6) is 0. The molecule has 0 bridgehead atoms. The fourth-order valence-electron chi connectivity index (χ4n) is 0.960. The minimum atomic E-state index is -4.91. The van der Waals surface area contributed by atoms with E-state index in [1.54, 1.807) is 4.90 Å². The molecular formula is C8H16BF3NO-. The van der Waals surface area contributed by atoms with Gasteiger partial charge in [0.05, 0.1) is 6.61 Å². The Morgan fingerprint density at radius 2 is 2.00 bits per heavy atom. The maximum Gasteiger partial charge on any atom is 0.506 e. The van der Waals surface area contributed by atoms with Crippen LogP contribution in [-0.2, 0) is 4.74 Å². The molecule has 0 saturated carbocycles. The van der Waals surface area contributed by atoms with Gasteiger partial charge in [-0.2, -0.15) is 0 Å². The lowest BCUT2D eigenvalue weighted by Crippen LogP contribution is -2.34. The third-order valence-corrected chi connectivity index (χ3v) is 1.95. The highest BCUT2D eigenvalue weighted by Gasteiger charge is 2.27. The average Bonchev–Trinajstić information content (AvgIpc) is 2.10. The van der Waals surface area contributed by atoms with Crippen molar-refractivity contribution in [2.75, 3.05) is 33.4 Å². The first-order chi connectivity index (χ1) is 6.41. The largest absolute Gasteiger partial charge is 0.506 e. The minimum absolute atomic E-state index is 0.122. The Balaban J connectivity index is 3.99. The van der Waals surface area contributed by atoms with E-state index in [0.717, 1.165) is 0 Å². The van der Waals surface area contributed by atoms with Crippen molar-refractivity contribution in [3.8, 4) is 0 Å². The van der Waals surface area contributed by atoms with Gasteiger partial charge in [-0.3, -0.25) is 0 Å². The minimum Gasteiger partial charge on any atom is -0.445 e. The molecule has 0 aromatic heterocycles. The van der Waals surface area contributed by atoms with Crippen LogP contribution in [0.4, 0.5) is 12.9 Å². The fourth-order valence-corrected chi connectivity index (χ4v) is 0.960. The number of rotatable bonds is 7. The summed E-state index contributed by atoms with van der Waals surface area (Å²) in [7, 11) is 1.52. The molecule has 0 N–H and O–H groups in total. The number of likely N-dealkylation sites (N-methyl/N-ethyl adjacent to an activating group) is 1. The van der Waals surface area contributed by atoms with Crippen LogP contribution in [-0.4, -0.2) is 45.2 Å². The molecule has 14 heavy (non-hydrogen) atoms. The number of halogens is 3. The molecule has 0 fully saturated rings. The summed E-state index contributed by atoms with van der Waals surface area (Å²) in [5.41, 5.74) is -0.650. The van der Waals surface area contributed by atoms with Gasteiger partial charge in [-0.05, 0) is 13.1 Å². The van der Waals surface area contributed by atoms with E-state index in [4.69, 9.17) is 4.74 Å². The molecular weight excluding hydrogens is 194 g/mol. The highest BCUT2D eigenvalue weighted by Crippen LogP contribution is 2.18. The summed E-state index contributed by atoms with van der Waals surface area (Å²) >= 11 is 0. The third-order valence-electron chi connectivity index (χ3n) is 1.95. The summed E-state index contributed by atoms with van der Waals surface area (Å²) < 4.78 is 41.3. The van der Waals surface area contributed by atoms with E-state index in [-0.39, 0.29) is 6.54 Å². The summed E-state index contributed by atoms with van der Waals surface area (Å²) in [5, 5.41) is 0. The van der Waals surface area contributed by atoms with E-state index < -0.39 is 12.4 Å². The zero-order valence-corrected chi connectivity index (χ0v) is 8.60. The van der Waals surface area contributed by atoms with Crippen LogP contribution in [0.15, 0.2) is 12.1 Å². The molecule has 6 heteroatoms. The van der Waals surface area contributed by atoms with Gasteiger partial charge in [0, 0.05) is 13.7 Å². The van der Waals surface area contributed by atoms with Gasteiger partial charge in [0.15, 0.2) is 0 Å². The number of hydrogen-bond donors (Lipinski definition) is 0. The van der Waals surface area contributed by atoms with Crippen molar-refractivity contribution < 1.29 is 17.7 Å². The van der Waals surface area contributed by atoms with E-state index in [9.17, 15) is 12.9 Å². The SMILES string of the molecule is C=C(CN(CC)CCOC)[B-](F)(F)F. The number of ether oxygens (including phenoxy) is 1. The summed E-state index contributed by atoms with van der Waals surface area (Å²) in [4.78, 5) is 1.65. The van der Waals surface area contributed by atoms with Crippen molar-refractivity contribution in [3.05, 3.63) is 12.1 Å². The van der Waals surface area contributed by atoms with Gasteiger partial charge in [0.1, 0.15) is 0 Å². The predicted molar refractivity (Wildman–Crippen MR) is 52.2 cm³/mol. The zero-order chi connectivity index (χ0) is 11.2. The molecule has 0 unspecified atom stereocenters. The van der Waals surface area contributed by atoms with Crippen LogP contribution in [0.5, 0.6) is 0 Å². The van der Waals surface area contributed by atoms with Gasteiger partial charge in [-0.25, -0.2) is 0 Å². The van der Waals surface area contributed by atoms with Crippen molar-refractivity contribution in [2.45, 2.75) is 6.92 Å². The maximum absolute atomic E-state index is 12.2. The lowest BCUT2D eigenvalue weighted by molar-refractivity contribution is 0.156. The van der Waals surface area contributed by atoms with Crippen LogP contribution in [0.2, 0.25) is 0 Å². The van der Waals surface area contributed by atoms with Crippen molar-refractivity contribution in [3.63, 3.8) is 0 Å². The molecule has 0 amide bonds. The molecule has 0 aliphatic carbocycles. The Kier molecular flexibility index (Phi) is 5.87. The second-order valence-electron chi connectivity index (χ2n) is 3.09. The van der Waals surface area contributed by atoms with E-state index >= 15 is 0 Å². The molecule has 0 atom stereocenters. The molecule has 0 spiro atoms. The Bertz CT molecular complexity index is 184. The lowest BCUT2D eigenvalue weighted by atomic mass is 9.80. The van der Waals surface area contributed by atoms with Crippen LogP contribution in [0.25, 0.3) is 0 Å². The van der Waals surface area contributed by atoms with Crippen LogP contribution in [0.1, 0.15) is 6.92 Å². The molecule has 0 aromatic rings. The fraction of sp³-hybridized carbons (Fsp3) is 0.750. The zero-order valence-electron chi connectivity index (χ0n) is 8.60. The van der Waals surface area contributed by atoms with Crippen LogP contribution in [0.3, 0.4) is 0 Å². The Morgan fingerprint density at radius 3 is 2.36 bits per heavy atom. The second kappa shape index (κ2) is 6.08. The molecule has 0 saturated heterocycles. The molecule has 0 radical (unpaired) electrons. The molecule has 0 aliphatic rings. The maximum atomic E-state index is 12.2. The predicted octanol–water partition coefficient (Wildman–Crippen LogP) is 1.90. The molecule has 0 aromatic carbocycles. The highest BCUT2D eigenvalue weighted by atomic mass is 19.4. The average molecular weight is 210 g/mol. The van der Waals surface area contributed by atoms with Crippen LogP contribution >= 0.6 is 0 Å². The number of hydrogen-bond acceptors (Lipinski definition) is 2. The van der Waals surface area contributed by atoms with Crippen molar-refractivity contribution in [1.29, 1.82) is 0 Å². The van der Waals surface area contributed by atoms with E-state index in [1.165, 1.54) is 7.11 Å². The lowest BCUT2D eigenvalue weighted by Gasteiger charge is -2.26. The van der Waals surface area contributed by atoms with E-state index in [2.05, 4.69) is 6.58 Å². The van der Waals surface area contributed by atoms with Gasteiger partial charge in [0.2, 0.25) is 0 Å². The first kappa shape index (κ1) is 13.5. The first-order valence-corrected chi connectivity index (χ1v) is 4.50. The van der Waals surface area contributed by atoms with Crippen molar-refractivity contribution in [2.24, 2.45) is 0 Å². The van der Waals surface area contributed by atoms with E-state index in [0.29, 0.717) is 19.7 Å². The van der Waals surface area contributed by atoms with Crippen molar-refractivity contribution in [1.82, 2.24) is 4.90 Å². The monoisotopic (exact) mass is 210 g/mol. The standard InChI is InChI=1S/C8H16BF3NO/c1-4-13(5-6-14-3)7-8(2)9(10,11)12/h2,4-7H2,1,3H3/q-1. The highest BCUT2D eigenvalue weighted by molar-refractivity contribution is 6.66. The molecule has 0 aliphatic heterocycles. The first-order valence-electron chi connectivity index (χ1n) is 4.50. The quantitative estimate of drug-likeness (QED) is 0.595. The normalized spacial score (nSPS) is 12.1. The molecule has 0 rings (SSSR count). The van der Waals surface area contributed by atoms with Gasteiger partial charge >= 0.3 is 6.98 Å². The smallest absolute Gasteiger partial charge is 0.445 e. The number of methoxy groups -OCH3 is 1. The Labute approximate surface area is 82.8 Å². The second-order valence-corrected chi connectivity index (χ2v) is 3.09. The van der Waals surface area contributed by atoms with Gasteiger partial charge < -0.3 is 22.6 Å².